The Morgan fingerprint density at radius 1 is 0.650 bits per heavy atom. The van der Waals surface area contributed by atoms with Gasteiger partial charge >= 0.3 is 0 Å². The van der Waals surface area contributed by atoms with Crippen LogP contribution in [0, 0.1) is 5.92 Å². The van der Waals surface area contributed by atoms with E-state index in [1.54, 1.807) is 6.08 Å². The lowest BCUT2D eigenvalue weighted by Crippen LogP contribution is -2.48. The van der Waals surface area contributed by atoms with E-state index in [0.29, 0.717) is 6.42 Å². The van der Waals surface area contributed by atoms with Crippen LogP contribution in [0.1, 0.15) is 175 Å². The normalized spacial score (nSPS) is 14.2. The smallest absolute Gasteiger partial charge is 0.249 e. The van der Waals surface area contributed by atoms with Crippen molar-refractivity contribution in [3.63, 3.8) is 0 Å². The molecule has 0 aliphatic carbocycles. The molecule has 0 radical (unpaired) electrons. The minimum Gasteiger partial charge on any atom is -0.394 e. The molecular formula is C35H69NO4. The monoisotopic (exact) mass is 568 g/mol. The van der Waals surface area contributed by atoms with Crippen LogP contribution in [0.4, 0.5) is 0 Å². The van der Waals surface area contributed by atoms with E-state index >= 15 is 0 Å². The zero-order valence-electron chi connectivity index (χ0n) is 26.9. The maximum atomic E-state index is 12.3. The number of unbranched alkanes of at least 4 members (excludes halogenated alkanes) is 20. The van der Waals surface area contributed by atoms with Crippen LogP contribution in [-0.4, -0.2) is 46.1 Å². The molecule has 238 valence electrons. The summed E-state index contributed by atoms with van der Waals surface area (Å²) in [5, 5.41) is 32.9. The van der Waals surface area contributed by atoms with Crippen LogP contribution in [0.3, 0.4) is 0 Å². The Kier molecular flexibility index (Phi) is 28.9. The van der Waals surface area contributed by atoms with E-state index in [-0.39, 0.29) is 6.61 Å². The molecule has 0 aromatic rings. The van der Waals surface area contributed by atoms with Crippen molar-refractivity contribution >= 4 is 5.91 Å². The fourth-order valence-corrected chi connectivity index (χ4v) is 5.25. The minimum atomic E-state index is -1.09. The third-order valence-electron chi connectivity index (χ3n) is 8.06. The summed E-state index contributed by atoms with van der Waals surface area (Å²) in [5.74, 6) is 0.305. The number of allylic oxidation sites excluding steroid dienone is 1. The lowest BCUT2D eigenvalue weighted by Gasteiger charge is -2.21. The summed E-state index contributed by atoms with van der Waals surface area (Å²) < 4.78 is 0. The highest BCUT2D eigenvalue weighted by Gasteiger charge is 2.22. The minimum absolute atomic E-state index is 0.361. The third kappa shape index (κ3) is 26.0. The first-order valence-electron chi connectivity index (χ1n) is 17.4. The number of carbonyl (C=O) groups is 1. The van der Waals surface area contributed by atoms with Gasteiger partial charge in [-0.1, -0.05) is 168 Å². The van der Waals surface area contributed by atoms with E-state index in [0.717, 1.165) is 38.0 Å². The van der Waals surface area contributed by atoms with Crippen molar-refractivity contribution in [2.24, 2.45) is 5.92 Å². The van der Waals surface area contributed by atoms with E-state index in [4.69, 9.17) is 0 Å². The predicted octanol–water partition coefficient (Wildman–Crippen LogP) is 8.78. The molecule has 3 atom stereocenters. The molecule has 0 saturated heterocycles. The summed E-state index contributed by atoms with van der Waals surface area (Å²) in [6, 6.07) is -0.791. The summed E-state index contributed by atoms with van der Waals surface area (Å²) in [6.45, 7) is 6.47. The van der Waals surface area contributed by atoms with Gasteiger partial charge in [-0.25, -0.2) is 0 Å². The first kappa shape index (κ1) is 39.1. The molecule has 0 bridgehead atoms. The summed E-state index contributed by atoms with van der Waals surface area (Å²) >= 11 is 0. The SMILES string of the molecule is CCCCCCCCCCCCCCCCC(O)C(=O)N[C@@H](CO)[C@H](O)/C=C/CCCCCCCCCC(C)C. The molecule has 4 N–H and O–H groups in total. The zero-order valence-corrected chi connectivity index (χ0v) is 26.9. The molecule has 1 unspecified atom stereocenters. The highest BCUT2D eigenvalue weighted by Crippen LogP contribution is 2.15. The largest absolute Gasteiger partial charge is 0.394 e. The molecule has 0 heterocycles. The second-order valence-corrected chi connectivity index (χ2v) is 12.6. The van der Waals surface area contributed by atoms with Crippen molar-refractivity contribution in [2.45, 2.75) is 193 Å². The molecule has 5 nitrogen and oxygen atoms in total. The molecule has 0 aromatic heterocycles. The van der Waals surface area contributed by atoms with Crippen molar-refractivity contribution in [1.29, 1.82) is 0 Å². The first-order chi connectivity index (χ1) is 19.4. The second kappa shape index (κ2) is 29.6. The second-order valence-electron chi connectivity index (χ2n) is 12.6. The van der Waals surface area contributed by atoms with Crippen molar-refractivity contribution < 1.29 is 20.1 Å². The highest BCUT2D eigenvalue weighted by atomic mass is 16.3. The van der Waals surface area contributed by atoms with Gasteiger partial charge in [-0.15, -0.1) is 0 Å². The fraction of sp³-hybridized carbons (Fsp3) is 0.914. The standard InChI is InChI=1S/C35H69NO4/c1-4-5-6-7-8-9-10-11-12-13-16-20-23-26-29-34(39)35(40)36-32(30-37)33(38)28-25-22-19-17-14-15-18-21-24-27-31(2)3/h25,28,31-34,37-39H,4-24,26-27,29-30H2,1-3H3,(H,36,40)/b28-25+/t32-,33+,34?/m0/s1. The van der Waals surface area contributed by atoms with Crippen LogP contribution in [0.25, 0.3) is 0 Å². The zero-order chi connectivity index (χ0) is 29.7. The molecule has 0 spiro atoms. The topological polar surface area (TPSA) is 89.8 Å². The maximum Gasteiger partial charge on any atom is 0.249 e. The Bertz CT molecular complexity index is 566. The molecule has 0 fully saturated rings. The van der Waals surface area contributed by atoms with Gasteiger partial charge in [0.15, 0.2) is 0 Å². The van der Waals surface area contributed by atoms with Crippen LogP contribution in [0.5, 0.6) is 0 Å². The predicted molar refractivity (Wildman–Crippen MR) is 171 cm³/mol. The summed E-state index contributed by atoms with van der Waals surface area (Å²) in [5.41, 5.74) is 0. The number of rotatable bonds is 30. The maximum absolute atomic E-state index is 12.3. The van der Waals surface area contributed by atoms with Gasteiger partial charge in [0.25, 0.3) is 0 Å². The van der Waals surface area contributed by atoms with Crippen LogP contribution in [-0.2, 0) is 4.79 Å². The Labute approximate surface area is 249 Å². The molecule has 0 rings (SSSR count). The lowest BCUT2D eigenvalue weighted by molar-refractivity contribution is -0.131. The van der Waals surface area contributed by atoms with Crippen molar-refractivity contribution in [3.05, 3.63) is 12.2 Å². The van der Waals surface area contributed by atoms with Crippen molar-refractivity contribution in [3.8, 4) is 0 Å². The number of aliphatic hydroxyl groups excluding tert-OH is 3. The third-order valence-corrected chi connectivity index (χ3v) is 8.06. The Morgan fingerprint density at radius 2 is 1.07 bits per heavy atom. The number of nitrogens with one attached hydrogen (secondary N) is 1. The van der Waals surface area contributed by atoms with Crippen molar-refractivity contribution in [1.82, 2.24) is 5.32 Å². The van der Waals surface area contributed by atoms with Gasteiger partial charge in [0.05, 0.1) is 18.8 Å². The summed E-state index contributed by atoms with van der Waals surface area (Å²) in [6.07, 6.45) is 30.8. The van der Waals surface area contributed by atoms with E-state index in [1.807, 2.05) is 6.08 Å². The van der Waals surface area contributed by atoms with E-state index < -0.39 is 24.2 Å². The van der Waals surface area contributed by atoms with Gasteiger partial charge in [0.2, 0.25) is 5.91 Å². The van der Waals surface area contributed by atoms with Gasteiger partial charge < -0.3 is 20.6 Å². The highest BCUT2D eigenvalue weighted by molar-refractivity contribution is 5.80. The Morgan fingerprint density at radius 3 is 1.52 bits per heavy atom. The number of hydrogen-bond acceptors (Lipinski definition) is 4. The summed E-state index contributed by atoms with van der Waals surface area (Å²) in [7, 11) is 0. The number of aliphatic hydroxyl groups is 3. The average molecular weight is 568 g/mol. The molecule has 1 amide bonds. The molecular weight excluding hydrogens is 498 g/mol. The van der Waals surface area contributed by atoms with Crippen LogP contribution in [0.2, 0.25) is 0 Å². The molecule has 40 heavy (non-hydrogen) atoms. The number of carbonyl (C=O) groups excluding carboxylic acids is 1. The Hall–Kier alpha value is -0.910. The van der Waals surface area contributed by atoms with E-state index in [9.17, 15) is 20.1 Å². The average Bonchev–Trinajstić information content (AvgIpc) is 2.94. The van der Waals surface area contributed by atoms with E-state index in [1.165, 1.54) is 116 Å². The Balaban J connectivity index is 3.76. The molecule has 0 aliphatic rings. The molecule has 5 heteroatoms. The first-order valence-corrected chi connectivity index (χ1v) is 17.4. The lowest BCUT2D eigenvalue weighted by atomic mass is 10.0. The van der Waals surface area contributed by atoms with Crippen molar-refractivity contribution in [2.75, 3.05) is 6.61 Å². The molecule has 0 aliphatic heterocycles. The number of amides is 1. The van der Waals surface area contributed by atoms with Gasteiger partial charge in [-0.05, 0) is 25.2 Å². The molecule has 0 aromatic carbocycles. The van der Waals surface area contributed by atoms with Crippen LogP contribution in [0.15, 0.2) is 12.2 Å². The van der Waals surface area contributed by atoms with Gasteiger partial charge in [-0.3, -0.25) is 4.79 Å². The van der Waals surface area contributed by atoms with Gasteiger partial charge in [0, 0.05) is 0 Å². The fourth-order valence-electron chi connectivity index (χ4n) is 5.25. The summed E-state index contributed by atoms with van der Waals surface area (Å²) in [4.78, 5) is 12.3. The van der Waals surface area contributed by atoms with Gasteiger partial charge in [0.1, 0.15) is 6.10 Å². The van der Waals surface area contributed by atoms with Crippen LogP contribution < -0.4 is 5.32 Å². The van der Waals surface area contributed by atoms with Crippen LogP contribution >= 0.6 is 0 Å². The molecule has 0 saturated carbocycles. The van der Waals surface area contributed by atoms with E-state index in [2.05, 4.69) is 26.1 Å². The number of hydrogen-bond donors (Lipinski definition) is 4. The van der Waals surface area contributed by atoms with Gasteiger partial charge in [-0.2, -0.15) is 0 Å². The quantitative estimate of drug-likeness (QED) is 0.0516.